The number of Topliss-reactive ketones (excluding diaryl/α,β-unsaturated/α-hetero) is 1. The average molecular weight is 280 g/mol. The van der Waals surface area contributed by atoms with E-state index in [1.165, 1.54) is 25.1 Å². The molecular formula is C14H16O6. The second-order valence-electron chi connectivity index (χ2n) is 4.22. The van der Waals surface area contributed by atoms with Crippen molar-refractivity contribution in [3.8, 4) is 0 Å². The maximum atomic E-state index is 12.0. The lowest BCUT2D eigenvalue weighted by molar-refractivity contribution is -0.147. The molecular weight excluding hydrogens is 264 g/mol. The van der Waals surface area contributed by atoms with E-state index in [0.717, 1.165) is 0 Å². The van der Waals surface area contributed by atoms with Gasteiger partial charge in [-0.25, -0.2) is 9.59 Å². The van der Waals surface area contributed by atoms with Crippen molar-refractivity contribution in [1.82, 2.24) is 0 Å². The summed E-state index contributed by atoms with van der Waals surface area (Å²) in [4.78, 5) is 34.1. The number of carboxylic acid groups (broad SMARTS) is 1. The number of aliphatic hydroxyl groups excluding tert-OH is 1. The SMILES string of the molecule is CCOC(=O)c1c(CC(C)=O)cccc1C(O)C(=O)O. The van der Waals surface area contributed by atoms with Gasteiger partial charge < -0.3 is 14.9 Å². The predicted molar refractivity (Wildman–Crippen MR) is 69.4 cm³/mol. The molecule has 0 amide bonds. The largest absolute Gasteiger partial charge is 0.479 e. The van der Waals surface area contributed by atoms with Gasteiger partial charge >= 0.3 is 11.9 Å². The Morgan fingerprint density at radius 3 is 2.45 bits per heavy atom. The third-order valence-electron chi connectivity index (χ3n) is 2.63. The van der Waals surface area contributed by atoms with Gasteiger partial charge in [0.2, 0.25) is 0 Å². The zero-order chi connectivity index (χ0) is 15.3. The zero-order valence-electron chi connectivity index (χ0n) is 11.3. The van der Waals surface area contributed by atoms with Gasteiger partial charge in [0.05, 0.1) is 12.2 Å². The number of aliphatic hydroxyl groups is 1. The molecule has 0 aromatic heterocycles. The third kappa shape index (κ3) is 3.64. The molecule has 0 saturated heterocycles. The highest BCUT2D eigenvalue weighted by atomic mass is 16.5. The van der Waals surface area contributed by atoms with E-state index in [9.17, 15) is 19.5 Å². The van der Waals surface area contributed by atoms with Crippen LogP contribution in [0.1, 0.15) is 41.4 Å². The predicted octanol–water partition coefficient (Wildman–Crippen LogP) is 1.11. The summed E-state index contributed by atoms with van der Waals surface area (Å²) in [6, 6.07) is 4.35. The number of carboxylic acids is 1. The standard InChI is InChI=1S/C14H16O6/c1-3-20-14(19)11-9(7-8(2)15)5-4-6-10(11)12(16)13(17)18/h4-6,12,16H,3,7H2,1-2H3,(H,17,18). The maximum absolute atomic E-state index is 12.0. The molecule has 6 nitrogen and oxygen atoms in total. The fourth-order valence-electron chi connectivity index (χ4n) is 1.85. The summed E-state index contributed by atoms with van der Waals surface area (Å²) in [7, 11) is 0. The Morgan fingerprint density at radius 2 is 1.95 bits per heavy atom. The van der Waals surface area contributed by atoms with E-state index in [1.54, 1.807) is 6.92 Å². The van der Waals surface area contributed by atoms with Gasteiger partial charge in [-0.1, -0.05) is 18.2 Å². The van der Waals surface area contributed by atoms with Crippen LogP contribution in [0.4, 0.5) is 0 Å². The molecule has 1 aromatic rings. The van der Waals surface area contributed by atoms with E-state index in [2.05, 4.69) is 0 Å². The summed E-state index contributed by atoms with van der Waals surface area (Å²) in [5.41, 5.74) is 0.211. The molecule has 0 spiro atoms. The number of esters is 1. The molecule has 0 bridgehead atoms. The Hall–Kier alpha value is -2.21. The maximum Gasteiger partial charge on any atom is 0.338 e. The highest BCUT2D eigenvalue weighted by Crippen LogP contribution is 2.23. The molecule has 1 atom stereocenters. The average Bonchev–Trinajstić information content (AvgIpc) is 2.36. The first-order valence-electron chi connectivity index (χ1n) is 6.07. The van der Waals surface area contributed by atoms with Crippen LogP contribution in [0.15, 0.2) is 18.2 Å². The Bertz CT molecular complexity index is 534. The van der Waals surface area contributed by atoms with Gasteiger partial charge in [-0.3, -0.25) is 4.79 Å². The lowest BCUT2D eigenvalue weighted by atomic mass is 9.94. The van der Waals surface area contributed by atoms with Crippen LogP contribution in [0.5, 0.6) is 0 Å². The van der Waals surface area contributed by atoms with Gasteiger partial charge in [-0.2, -0.15) is 0 Å². The normalized spacial score (nSPS) is 11.8. The second-order valence-corrected chi connectivity index (χ2v) is 4.22. The summed E-state index contributed by atoms with van der Waals surface area (Å²) < 4.78 is 4.87. The van der Waals surface area contributed by atoms with Crippen molar-refractivity contribution in [1.29, 1.82) is 0 Å². The molecule has 2 N–H and O–H groups in total. The summed E-state index contributed by atoms with van der Waals surface area (Å²) in [6.07, 6.45) is -1.88. The van der Waals surface area contributed by atoms with E-state index >= 15 is 0 Å². The first kappa shape index (κ1) is 15.8. The minimum Gasteiger partial charge on any atom is -0.479 e. The Balaban J connectivity index is 3.39. The van der Waals surface area contributed by atoms with Gasteiger partial charge in [0.1, 0.15) is 5.78 Å². The van der Waals surface area contributed by atoms with Crippen molar-refractivity contribution in [2.75, 3.05) is 6.61 Å². The molecule has 1 rings (SSSR count). The van der Waals surface area contributed by atoms with Crippen molar-refractivity contribution in [2.24, 2.45) is 0 Å². The molecule has 20 heavy (non-hydrogen) atoms. The minimum atomic E-state index is -1.85. The number of hydrogen-bond acceptors (Lipinski definition) is 5. The minimum absolute atomic E-state index is 0.0334. The third-order valence-corrected chi connectivity index (χ3v) is 2.63. The van der Waals surface area contributed by atoms with Gasteiger partial charge in [0.25, 0.3) is 0 Å². The van der Waals surface area contributed by atoms with Crippen LogP contribution in [0.25, 0.3) is 0 Å². The molecule has 0 aliphatic heterocycles. The zero-order valence-corrected chi connectivity index (χ0v) is 11.3. The quantitative estimate of drug-likeness (QED) is 0.757. The molecule has 1 unspecified atom stereocenters. The van der Waals surface area contributed by atoms with Gasteiger partial charge in [0.15, 0.2) is 6.10 Å². The topological polar surface area (TPSA) is 101 Å². The Labute approximate surface area is 116 Å². The number of aliphatic carboxylic acids is 1. The van der Waals surface area contributed by atoms with Crippen LogP contribution in [0.2, 0.25) is 0 Å². The molecule has 0 saturated carbocycles. The fourth-order valence-corrected chi connectivity index (χ4v) is 1.85. The first-order valence-corrected chi connectivity index (χ1v) is 6.07. The second kappa shape index (κ2) is 6.81. The molecule has 0 radical (unpaired) electrons. The number of ether oxygens (including phenoxy) is 1. The number of ketones is 1. The molecule has 0 heterocycles. The first-order chi connectivity index (χ1) is 9.38. The van der Waals surface area contributed by atoms with E-state index in [-0.39, 0.29) is 29.9 Å². The fraction of sp³-hybridized carbons (Fsp3) is 0.357. The van der Waals surface area contributed by atoms with E-state index < -0.39 is 18.0 Å². The Morgan fingerprint density at radius 1 is 1.30 bits per heavy atom. The van der Waals surface area contributed by atoms with Crippen molar-refractivity contribution in [3.05, 3.63) is 34.9 Å². The van der Waals surface area contributed by atoms with Crippen LogP contribution in [-0.4, -0.2) is 34.5 Å². The smallest absolute Gasteiger partial charge is 0.338 e. The van der Waals surface area contributed by atoms with Crippen molar-refractivity contribution < 1.29 is 29.3 Å². The van der Waals surface area contributed by atoms with Crippen LogP contribution < -0.4 is 0 Å². The monoisotopic (exact) mass is 280 g/mol. The van der Waals surface area contributed by atoms with Crippen LogP contribution in [-0.2, 0) is 20.7 Å². The van der Waals surface area contributed by atoms with Gasteiger partial charge in [-0.15, -0.1) is 0 Å². The molecule has 0 aliphatic rings. The number of carbonyl (C=O) groups is 3. The molecule has 6 heteroatoms. The van der Waals surface area contributed by atoms with Gasteiger partial charge in [-0.05, 0) is 19.4 Å². The summed E-state index contributed by atoms with van der Waals surface area (Å²) >= 11 is 0. The highest BCUT2D eigenvalue weighted by molar-refractivity contribution is 5.96. The lowest BCUT2D eigenvalue weighted by Gasteiger charge is -2.15. The van der Waals surface area contributed by atoms with Crippen molar-refractivity contribution in [2.45, 2.75) is 26.4 Å². The number of benzene rings is 1. The summed E-state index contributed by atoms with van der Waals surface area (Å²) in [6.45, 7) is 3.07. The van der Waals surface area contributed by atoms with E-state index in [4.69, 9.17) is 9.84 Å². The molecule has 0 aliphatic carbocycles. The van der Waals surface area contributed by atoms with Gasteiger partial charge in [0, 0.05) is 12.0 Å². The Kier molecular flexibility index (Phi) is 5.40. The van der Waals surface area contributed by atoms with Crippen LogP contribution in [0.3, 0.4) is 0 Å². The lowest BCUT2D eigenvalue weighted by Crippen LogP contribution is -2.19. The summed E-state index contributed by atoms with van der Waals surface area (Å²) in [5, 5.41) is 18.5. The molecule has 1 aromatic carbocycles. The van der Waals surface area contributed by atoms with Crippen molar-refractivity contribution >= 4 is 17.7 Å². The number of carbonyl (C=O) groups excluding carboxylic acids is 2. The van der Waals surface area contributed by atoms with Crippen molar-refractivity contribution in [3.63, 3.8) is 0 Å². The highest BCUT2D eigenvalue weighted by Gasteiger charge is 2.26. The molecule has 108 valence electrons. The van der Waals surface area contributed by atoms with E-state index in [0.29, 0.717) is 5.56 Å². The number of rotatable bonds is 6. The number of hydrogen-bond donors (Lipinski definition) is 2. The van der Waals surface area contributed by atoms with Crippen LogP contribution >= 0.6 is 0 Å². The molecule has 0 fully saturated rings. The van der Waals surface area contributed by atoms with E-state index in [1.807, 2.05) is 0 Å². The van der Waals surface area contributed by atoms with Crippen LogP contribution in [0, 0.1) is 0 Å². The summed E-state index contributed by atoms with van der Waals surface area (Å²) in [5.74, 6) is -2.41.